The van der Waals surface area contributed by atoms with Gasteiger partial charge >= 0.3 is 0 Å². The predicted octanol–water partition coefficient (Wildman–Crippen LogP) is 3.05. The molecule has 0 aliphatic carbocycles. The van der Waals surface area contributed by atoms with E-state index in [9.17, 15) is 4.79 Å². The van der Waals surface area contributed by atoms with Crippen LogP contribution in [-0.2, 0) is 4.79 Å². The van der Waals surface area contributed by atoms with Gasteiger partial charge in [-0.15, -0.1) is 0 Å². The Labute approximate surface area is 104 Å². The summed E-state index contributed by atoms with van der Waals surface area (Å²) in [6, 6.07) is 10.5. The molecule has 92 valence electrons. The smallest absolute Gasteiger partial charge is 0.222 e. The van der Waals surface area contributed by atoms with Gasteiger partial charge in [0.05, 0.1) is 0 Å². The summed E-state index contributed by atoms with van der Waals surface area (Å²) in [5.41, 5.74) is 1.35. The average molecular weight is 231 g/mol. The topological polar surface area (TPSA) is 20.3 Å². The Kier molecular flexibility index (Phi) is 3.82. The summed E-state index contributed by atoms with van der Waals surface area (Å²) < 4.78 is 0. The van der Waals surface area contributed by atoms with Crippen molar-refractivity contribution in [2.45, 2.75) is 32.6 Å². The van der Waals surface area contributed by atoms with E-state index in [0.29, 0.717) is 17.7 Å². The number of hydrogen-bond acceptors (Lipinski definition) is 1. The highest BCUT2D eigenvalue weighted by Gasteiger charge is 2.32. The van der Waals surface area contributed by atoms with Gasteiger partial charge in [0.25, 0.3) is 0 Å². The van der Waals surface area contributed by atoms with Crippen LogP contribution in [0, 0.1) is 5.92 Å². The van der Waals surface area contributed by atoms with Crippen molar-refractivity contribution in [2.75, 3.05) is 13.1 Å². The molecule has 0 radical (unpaired) electrons. The van der Waals surface area contributed by atoms with Crippen molar-refractivity contribution in [2.24, 2.45) is 5.92 Å². The molecule has 2 rings (SSSR count). The Morgan fingerprint density at radius 1 is 1.35 bits per heavy atom. The van der Waals surface area contributed by atoms with Gasteiger partial charge < -0.3 is 4.90 Å². The molecular weight excluding hydrogens is 210 g/mol. The summed E-state index contributed by atoms with van der Waals surface area (Å²) in [7, 11) is 0. The lowest BCUT2D eigenvalue weighted by Gasteiger charge is -2.20. The molecule has 2 atom stereocenters. The molecule has 1 saturated heterocycles. The van der Waals surface area contributed by atoms with E-state index >= 15 is 0 Å². The summed E-state index contributed by atoms with van der Waals surface area (Å²) in [5, 5.41) is 0. The van der Waals surface area contributed by atoms with Crippen molar-refractivity contribution in [1.29, 1.82) is 0 Å². The first kappa shape index (κ1) is 12.2. The molecule has 0 spiro atoms. The fourth-order valence-corrected chi connectivity index (χ4v) is 2.65. The zero-order chi connectivity index (χ0) is 12.3. The van der Waals surface area contributed by atoms with Crippen LogP contribution in [0.25, 0.3) is 0 Å². The fraction of sp³-hybridized carbons (Fsp3) is 0.533. The molecule has 0 saturated carbocycles. The normalized spacial score (nSPS) is 21.9. The van der Waals surface area contributed by atoms with Crippen molar-refractivity contribution in [3.8, 4) is 0 Å². The van der Waals surface area contributed by atoms with Crippen LogP contribution in [0.2, 0.25) is 0 Å². The van der Waals surface area contributed by atoms with Crippen molar-refractivity contribution in [3.63, 3.8) is 0 Å². The number of likely N-dealkylation sites (tertiary alicyclic amines) is 1. The molecule has 2 heteroatoms. The maximum Gasteiger partial charge on any atom is 0.222 e. The van der Waals surface area contributed by atoms with Gasteiger partial charge in [0.15, 0.2) is 0 Å². The number of carbonyl (C=O) groups excluding carboxylic acids is 1. The highest BCUT2D eigenvalue weighted by molar-refractivity contribution is 5.78. The fourth-order valence-electron chi connectivity index (χ4n) is 2.65. The SMILES string of the molecule is CCCN1CC(C(C)c2ccccc2)CC1=O. The lowest BCUT2D eigenvalue weighted by atomic mass is 9.87. The molecule has 1 heterocycles. The van der Waals surface area contributed by atoms with Crippen LogP contribution in [0.1, 0.15) is 38.2 Å². The van der Waals surface area contributed by atoms with Crippen LogP contribution in [0.15, 0.2) is 30.3 Å². The Bertz CT molecular complexity index is 374. The average Bonchev–Trinajstić information content (AvgIpc) is 2.72. The standard InChI is InChI=1S/C15H21NO/c1-3-9-16-11-14(10-15(16)17)12(2)13-7-5-4-6-8-13/h4-8,12,14H,3,9-11H2,1-2H3. The molecule has 1 aliphatic rings. The number of benzene rings is 1. The number of amides is 1. The van der Waals surface area contributed by atoms with Crippen molar-refractivity contribution >= 4 is 5.91 Å². The van der Waals surface area contributed by atoms with Gasteiger partial charge in [-0.3, -0.25) is 4.79 Å². The molecule has 17 heavy (non-hydrogen) atoms. The highest BCUT2D eigenvalue weighted by Crippen LogP contribution is 2.32. The van der Waals surface area contributed by atoms with Gasteiger partial charge in [-0.2, -0.15) is 0 Å². The van der Waals surface area contributed by atoms with Gasteiger partial charge in [0.1, 0.15) is 0 Å². The molecule has 2 unspecified atom stereocenters. The minimum atomic E-state index is 0.333. The quantitative estimate of drug-likeness (QED) is 0.780. The molecule has 0 N–H and O–H groups in total. The monoisotopic (exact) mass is 231 g/mol. The number of nitrogens with zero attached hydrogens (tertiary/aromatic N) is 1. The zero-order valence-corrected chi connectivity index (χ0v) is 10.7. The van der Waals surface area contributed by atoms with Crippen LogP contribution in [0.3, 0.4) is 0 Å². The van der Waals surface area contributed by atoms with E-state index in [1.165, 1.54) is 5.56 Å². The number of rotatable bonds is 4. The van der Waals surface area contributed by atoms with Gasteiger partial charge in [-0.05, 0) is 23.8 Å². The Morgan fingerprint density at radius 2 is 2.06 bits per heavy atom. The summed E-state index contributed by atoms with van der Waals surface area (Å²) in [6.45, 7) is 6.21. The highest BCUT2D eigenvalue weighted by atomic mass is 16.2. The van der Waals surface area contributed by atoms with Crippen molar-refractivity contribution < 1.29 is 4.79 Å². The van der Waals surface area contributed by atoms with Crippen LogP contribution in [0.5, 0.6) is 0 Å². The second-order valence-corrected chi connectivity index (χ2v) is 5.00. The zero-order valence-electron chi connectivity index (χ0n) is 10.7. The third kappa shape index (κ3) is 2.68. The molecule has 1 fully saturated rings. The molecule has 1 aromatic carbocycles. The van der Waals surface area contributed by atoms with Crippen molar-refractivity contribution in [3.05, 3.63) is 35.9 Å². The summed E-state index contributed by atoms with van der Waals surface area (Å²) >= 11 is 0. The van der Waals surface area contributed by atoms with Gasteiger partial charge in [0.2, 0.25) is 5.91 Å². The molecule has 0 aromatic heterocycles. The van der Waals surface area contributed by atoms with E-state index < -0.39 is 0 Å². The maximum absolute atomic E-state index is 11.8. The molecule has 1 aromatic rings. The molecule has 0 bridgehead atoms. The first-order valence-electron chi connectivity index (χ1n) is 6.55. The minimum absolute atomic E-state index is 0.333. The first-order chi connectivity index (χ1) is 8.22. The lowest BCUT2D eigenvalue weighted by Crippen LogP contribution is -2.26. The molecule has 2 nitrogen and oxygen atoms in total. The van der Waals surface area contributed by atoms with Gasteiger partial charge in [-0.25, -0.2) is 0 Å². The summed E-state index contributed by atoms with van der Waals surface area (Å²) in [6.07, 6.45) is 1.77. The Morgan fingerprint density at radius 3 is 2.71 bits per heavy atom. The van der Waals surface area contributed by atoms with Crippen molar-refractivity contribution in [1.82, 2.24) is 4.90 Å². The Hall–Kier alpha value is -1.31. The van der Waals surface area contributed by atoms with E-state index in [2.05, 4.69) is 38.1 Å². The van der Waals surface area contributed by atoms with Gasteiger partial charge in [0, 0.05) is 19.5 Å². The molecular formula is C15H21NO. The predicted molar refractivity (Wildman–Crippen MR) is 69.8 cm³/mol. The molecule has 1 aliphatic heterocycles. The van der Waals surface area contributed by atoms with E-state index in [1.54, 1.807) is 0 Å². The number of carbonyl (C=O) groups is 1. The third-order valence-corrected chi connectivity index (χ3v) is 3.77. The number of hydrogen-bond donors (Lipinski definition) is 0. The van der Waals surface area contributed by atoms with Crippen LogP contribution in [-0.4, -0.2) is 23.9 Å². The second-order valence-electron chi connectivity index (χ2n) is 5.00. The molecule has 1 amide bonds. The third-order valence-electron chi connectivity index (χ3n) is 3.77. The lowest BCUT2D eigenvalue weighted by molar-refractivity contribution is -0.127. The summed E-state index contributed by atoms with van der Waals surface area (Å²) in [4.78, 5) is 13.9. The second kappa shape index (κ2) is 5.35. The minimum Gasteiger partial charge on any atom is -0.342 e. The van der Waals surface area contributed by atoms with Gasteiger partial charge in [-0.1, -0.05) is 44.2 Å². The Balaban J connectivity index is 2.03. The largest absolute Gasteiger partial charge is 0.342 e. The van der Waals surface area contributed by atoms with E-state index in [4.69, 9.17) is 0 Å². The van der Waals surface area contributed by atoms with Crippen LogP contribution in [0.4, 0.5) is 0 Å². The summed E-state index contributed by atoms with van der Waals surface area (Å²) in [5.74, 6) is 1.29. The van der Waals surface area contributed by atoms with Crippen LogP contribution >= 0.6 is 0 Å². The van der Waals surface area contributed by atoms with E-state index in [0.717, 1.165) is 25.9 Å². The van der Waals surface area contributed by atoms with E-state index in [-0.39, 0.29) is 0 Å². The first-order valence-corrected chi connectivity index (χ1v) is 6.55. The maximum atomic E-state index is 11.8. The van der Waals surface area contributed by atoms with E-state index in [1.807, 2.05) is 11.0 Å². The van der Waals surface area contributed by atoms with Crippen LogP contribution < -0.4 is 0 Å².